The van der Waals surface area contributed by atoms with Crippen LogP contribution < -0.4 is 5.32 Å². The minimum Gasteiger partial charge on any atom is -0.377 e. The normalized spacial score (nSPS) is 20.9. The summed E-state index contributed by atoms with van der Waals surface area (Å²) in [4.78, 5) is 0. The van der Waals surface area contributed by atoms with Gasteiger partial charge in [0.05, 0.1) is 6.10 Å². The highest BCUT2D eigenvalue weighted by atomic mass is 16.5. The first-order valence-corrected chi connectivity index (χ1v) is 7.19. The average Bonchev–Trinajstić information content (AvgIpc) is 2.35. The standard InChI is InChI=1S/C16H25NO/c1-4-17-16(12(3)18-5-2)11-14-10-13-8-6-7-9-15(13)14/h6-9,12,14,16-17H,4-5,10-11H2,1-3H3. The highest BCUT2D eigenvalue weighted by molar-refractivity contribution is 5.39. The molecule has 0 aromatic heterocycles. The van der Waals surface area contributed by atoms with E-state index in [9.17, 15) is 0 Å². The molecular weight excluding hydrogens is 222 g/mol. The summed E-state index contributed by atoms with van der Waals surface area (Å²) >= 11 is 0. The fourth-order valence-corrected chi connectivity index (χ4v) is 2.96. The smallest absolute Gasteiger partial charge is 0.0699 e. The molecular formula is C16H25NO. The molecule has 1 aromatic carbocycles. The summed E-state index contributed by atoms with van der Waals surface area (Å²) in [6.07, 6.45) is 2.71. The third-order valence-electron chi connectivity index (χ3n) is 3.96. The van der Waals surface area contributed by atoms with Gasteiger partial charge in [0, 0.05) is 12.6 Å². The number of rotatable bonds is 7. The third kappa shape index (κ3) is 2.93. The van der Waals surface area contributed by atoms with E-state index in [-0.39, 0.29) is 0 Å². The summed E-state index contributed by atoms with van der Waals surface area (Å²) in [6.45, 7) is 8.22. The average molecular weight is 247 g/mol. The second-order valence-corrected chi connectivity index (χ2v) is 5.16. The van der Waals surface area contributed by atoms with E-state index in [0.29, 0.717) is 18.1 Å². The maximum Gasteiger partial charge on any atom is 0.0699 e. The number of hydrogen-bond donors (Lipinski definition) is 1. The first-order valence-electron chi connectivity index (χ1n) is 7.19. The monoisotopic (exact) mass is 247 g/mol. The van der Waals surface area contributed by atoms with Gasteiger partial charge in [0.25, 0.3) is 0 Å². The van der Waals surface area contributed by atoms with Crippen LogP contribution in [0.1, 0.15) is 44.2 Å². The van der Waals surface area contributed by atoms with Crippen LogP contribution in [0.15, 0.2) is 24.3 Å². The highest BCUT2D eigenvalue weighted by Crippen LogP contribution is 2.38. The van der Waals surface area contributed by atoms with Crippen LogP contribution in [0.3, 0.4) is 0 Å². The second-order valence-electron chi connectivity index (χ2n) is 5.16. The zero-order valence-electron chi connectivity index (χ0n) is 11.8. The summed E-state index contributed by atoms with van der Waals surface area (Å²) in [7, 11) is 0. The molecule has 0 bridgehead atoms. The Labute approximate surface area is 111 Å². The topological polar surface area (TPSA) is 21.3 Å². The highest BCUT2D eigenvalue weighted by Gasteiger charge is 2.29. The van der Waals surface area contributed by atoms with Crippen molar-refractivity contribution in [3.05, 3.63) is 35.4 Å². The van der Waals surface area contributed by atoms with Gasteiger partial charge in [-0.1, -0.05) is 31.2 Å². The molecule has 100 valence electrons. The minimum absolute atomic E-state index is 0.294. The molecule has 2 rings (SSSR count). The van der Waals surface area contributed by atoms with Crippen molar-refractivity contribution in [1.29, 1.82) is 0 Å². The molecule has 3 unspecified atom stereocenters. The van der Waals surface area contributed by atoms with E-state index in [4.69, 9.17) is 4.74 Å². The van der Waals surface area contributed by atoms with Crippen molar-refractivity contribution in [3.63, 3.8) is 0 Å². The molecule has 0 heterocycles. The molecule has 1 N–H and O–H groups in total. The Morgan fingerprint density at radius 1 is 1.33 bits per heavy atom. The number of ether oxygens (including phenoxy) is 1. The summed E-state index contributed by atoms with van der Waals surface area (Å²) in [5.41, 5.74) is 3.07. The van der Waals surface area contributed by atoms with Gasteiger partial charge in [-0.3, -0.25) is 0 Å². The number of hydrogen-bond acceptors (Lipinski definition) is 2. The SMILES string of the molecule is CCNC(CC1Cc2ccccc21)C(C)OCC. The van der Waals surface area contributed by atoms with Crippen molar-refractivity contribution < 1.29 is 4.74 Å². The lowest BCUT2D eigenvalue weighted by atomic mass is 9.74. The van der Waals surface area contributed by atoms with Crippen molar-refractivity contribution in [3.8, 4) is 0 Å². The Kier molecular flexibility index (Phi) is 4.79. The van der Waals surface area contributed by atoms with Gasteiger partial charge >= 0.3 is 0 Å². The zero-order chi connectivity index (χ0) is 13.0. The van der Waals surface area contributed by atoms with Gasteiger partial charge in [-0.25, -0.2) is 0 Å². The number of likely N-dealkylation sites (N-methyl/N-ethyl adjacent to an activating group) is 1. The molecule has 3 atom stereocenters. The van der Waals surface area contributed by atoms with Gasteiger partial charge in [0.15, 0.2) is 0 Å². The lowest BCUT2D eigenvalue weighted by molar-refractivity contribution is 0.0430. The fraction of sp³-hybridized carbons (Fsp3) is 0.625. The van der Waals surface area contributed by atoms with Crippen molar-refractivity contribution in [1.82, 2.24) is 5.32 Å². The molecule has 2 nitrogen and oxygen atoms in total. The first-order chi connectivity index (χ1) is 8.76. The Hall–Kier alpha value is -0.860. The summed E-state index contributed by atoms with van der Waals surface area (Å²) in [5.74, 6) is 0.716. The third-order valence-corrected chi connectivity index (χ3v) is 3.96. The van der Waals surface area contributed by atoms with Crippen molar-refractivity contribution in [2.45, 2.75) is 51.7 Å². The van der Waals surface area contributed by atoms with Crippen LogP contribution in [0.5, 0.6) is 0 Å². The quantitative estimate of drug-likeness (QED) is 0.799. The van der Waals surface area contributed by atoms with Crippen LogP contribution in [0.4, 0.5) is 0 Å². The van der Waals surface area contributed by atoms with Gasteiger partial charge in [0.1, 0.15) is 0 Å². The van der Waals surface area contributed by atoms with Crippen LogP contribution in [0.2, 0.25) is 0 Å². The number of fused-ring (bicyclic) bond motifs is 1. The van der Waals surface area contributed by atoms with Crippen molar-refractivity contribution in [2.24, 2.45) is 0 Å². The van der Waals surface area contributed by atoms with Crippen LogP contribution in [0.25, 0.3) is 0 Å². The Bertz CT molecular complexity index is 377. The molecule has 1 aliphatic rings. The van der Waals surface area contributed by atoms with E-state index in [1.54, 1.807) is 5.56 Å². The Balaban J connectivity index is 1.94. The van der Waals surface area contributed by atoms with E-state index < -0.39 is 0 Å². The molecule has 0 saturated heterocycles. The molecule has 0 aliphatic heterocycles. The van der Waals surface area contributed by atoms with Crippen LogP contribution in [-0.4, -0.2) is 25.3 Å². The molecule has 0 spiro atoms. The van der Waals surface area contributed by atoms with E-state index in [0.717, 1.165) is 13.2 Å². The molecule has 0 fully saturated rings. The maximum absolute atomic E-state index is 5.75. The maximum atomic E-state index is 5.75. The van der Waals surface area contributed by atoms with Crippen LogP contribution >= 0.6 is 0 Å². The van der Waals surface area contributed by atoms with Gasteiger partial charge in [0.2, 0.25) is 0 Å². The van der Waals surface area contributed by atoms with E-state index in [1.165, 1.54) is 18.4 Å². The van der Waals surface area contributed by atoms with Crippen molar-refractivity contribution in [2.75, 3.05) is 13.2 Å². The molecule has 0 saturated carbocycles. The zero-order valence-corrected chi connectivity index (χ0v) is 11.8. The Morgan fingerprint density at radius 2 is 2.11 bits per heavy atom. The summed E-state index contributed by atoms with van der Waals surface area (Å²) < 4.78 is 5.75. The molecule has 0 radical (unpaired) electrons. The fourth-order valence-electron chi connectivity index (χ4n) is 2.96. The molecule has 1 aromatic rings. The first kappa shape index (κ1) is 13.6. The molecule has 1 aliphatic carbocycles. The number of benzene rings is 1. The van der Waals surface area contributed by atoms with Gasteiger partial charge < -0.3 is 10.1 Å². The molecule has 0 amide bonds. The molecule has 2 heteroatoms. The van der Waals surface area contributed by atoms with E-state index in [2.05, 4.69) is 50.4 Å². The predicted molar refractivity (Wildman–Crippen MR) is 76.1 cm³/mol. The van der Waals surface area contributed by atoms with Crippen LogP contribution in [0, 0.1) is 0 Å². The number of nitrogens with one attached hydrogen (secondary N) is 1. The summed E-state index contributed by atoms with van der Waals surface area (Å²) in [6, 6.07) is 9.28. The van der Waals surface area contributed by atoms with E-state index >= 15 is 0 Å². The minimum atomic E-state index is 0.294. The predicted octanol–water partition coefficient (Wildman–Crippen LogP) is 3.12. The van der Waals surface area contributed by atoms with Gasteiger partial charge in [-0.05, 0) is 50.3 Å². The Morgan fingerprint density at radius 3 is 2.78 bits per heavy atom. The largest absolute Gasteiger partial charge is 0.377 e. The van der Waals surface area contributed by atoms with Crippen LogP contribution in [-0.2, 0) is 11.2 Å². The van der Waals surface area contributed by atoms with Gasteiger partial charge in [-0.2, -0.15) is 0 Å². The lowest BCUT2D eigenvalue weighted by Crippen LogP contribution is -2.42. The second kappa shape index (κ2) is 6.35. The lowest BCUT2D eigenvalue weighted by Gasteiger charge is -2.35. The van der Waals surface area contributed by atoms with Gasteiger partial charge in [-0.15, -0.1) is 0 Å². The molecule has 18 heavy (non-hydrogen) atoms. The summed E-state index contributed by atoms with van der Waals surface area (Å²) in [5, 5.41) is 3.57. The van der Waals surface area contributed by atoms with E-state index in [1.807, 2.05) is 0 Å². The van der Waals surface area contributed by atoms with Crippen molar-refractivity contribution >= 4 is 0 Å².